The second kappa shape index (κ2) is 7.64. The molecule has 0 unspecified atom stereocenters. The standard InChI is InChI=1S/C17H24N2O3S/c1-5-6-7-10-13-14(12-9-8-11-21-12)18-15(23-13)19-16(20)22-17(2,3)4/h8-9,11H,5-7,10H2,1-4H3,(H,18,19,20). The van der Waals surface area contributed by atoms with E-state index in [2.05, 4.69) is 17.2 Å². The van der Waals surface area contributed by atoms with Crippen molar-refractivity contribution in [3.05, 3.63) is 23.3 Å². The molecule has 0 fully saturated rings. The van der Waals surface area contributed by atoms with Crippen molar-refractivity contribution in [2.75, 3.05) is 5.32 Å². The number of ether oxygens (including phenoxy) is 1. The first-order chi connectivity index (χ1) is 10.9. The van der Waals surface area contributed by atoms with Crippen molar-refractivity contribution in [2.24, 2.45) is 0 Å². The largest absolute Gasteiger partial charge is 0.463 e. The number of unbranched alkanes of at least 4 members (excludes halogenated alkanes) is 2. The molecule has 0 aromatic carbocycles. The molecule has 0 atom stereocenters. The molecule has 0 saturated heterocycles. The third kappa shape index (κ3) is 5.39. The Morgan fingerprint density at radius 3 is 2.78 bits per heavy atom. The van der Waals surface area contributed by atoms with Crippen LogP contribution >= 0.6 is 11.3 Å². The van der Waals surface area contributed by atoms with Gasteiger partial charge in [0.2, 0.25) is 0 Å². The van der Waals surface area contributed by atoms with E-state index in [0.717, 1.165) is 35.6 Å². The normalized spacial score (nSPS) is 11.5. The minimum absolute atomic E-state index is 0.489. The number of furan rings is 1. The molecule has 0 aliphatic heterocycles. The van der Waals surface area contributed by atoms with Crippen LogP contribution < -0.4 is 5.32 Å². The number of nitrogens with zero attached hydrogens (tertiary/aromatic N) is 1. The predicted octanol–water partition coefficient (Wildman–Crippen LogP) is 5.48. The lowest BCUT2D eigenvalue weighted by Crippen LogP contribution is -2.27. The molecule has 0 saturated carbocycles. The number of hydrogen-bond donors (Lipinski definition) is 1. The Morgan fingerprint density at radius 1 is 1.39 bits per heavy atom. The van der Waals surface area contributed by atoms with E-state index in [1.165, 1.54) is 17.8 Å². The quantitative estimate of drug-likeness (QED) is 0.709. The average Bonchev–Trinajstić information content (AvgIpc) is 3.06. The predicted molar refractivity (Wildman–Crippen MR) is 92.9 cm³/mol. The Labute approximate surface area is 141 Å². The third-order valence-corrected chi connectivity index (χ3v) is 4.10. The van der Waals surface area contributed by atoms with E-state index in [9.17, 15) is 4.79 Å². The molecule has 0 radical (unpaired) electrons. The van der Waals surface area contributed by atoms with Gasteiger partial charge in [-0.1, -0.05) is 19.8 Å². The van der Waals surface area contributed by atoms with Crippen LogP contribution in [0, 0.1) is 0 Å². The average molecular weight is 336 g/mol. The smallest absolute Gasteiger partial charge is 0.413 e. The van der Waals surface area contributed by atoms with Crippen LogP contribution in [0.25, 0.3) is 11.5 Å². The lowest BCUT2D eigenvalue weighted by molar-refractivity contribution is 0.0636. The Kier molecular flexibility index (Phi) is 5.82. The van der Waals surface area contributed by atoms with Gasteiger partial charge in [-0.15, -0.1) is 11.3 Å². The van der Waals surface area contributed by atoms with Gasteiger partial charge in [-0.2, -0.15) is 0 Å². The first kappa shape index (κ1) is 17.5. The van der Waals surface area contributed by atoms with Crippen molar-refractivity contribution in [3.8, 4) is 11.5 Å². The summed E-state index contributed by atoms with van der Waals surface area (Å²) >= 11 is 1.48. The highest BCUT2D eigenvalue weighted by molar-refractivity contribution is 7.16. The highest BCUT2D eigenvalue weighted by atomic mass is 32.1. The minimum atomic E-state index is -0.533. The number of hydrogen-bond acceptors (Lipinski definition) is 5. The lowest BCUT2D eigenvalue weighted by atomic mass is 10.1. The summed E-state index contributed by atoms with van der Waals surface area (Å²) < 4.78 is 10.7. The van der Waals surface area contributed by atoms with Crippen LogP contribution in [-0.2, 0) is 11.2 Å². The monoisotopic (exact) mass is 336 g/mol. The fourth-order valence-corrected chi connectivity index (χ4v) is 3.10. The maximum Gasteiger partial charge on any atom is 0.413 e. The highest BCUT2D eigenvalue weighted by Gasteiger charge is 2.20. The highest BCUT2D eigenvalue weighted by Crippen LogP contribution is 2.33. The second-order valence-corrected chi connectivity index (χ2v) is 7.44. The van der Waals surface area contributed by atoms with Crippen molar-refractivity contribution in [1.29, 1.82) is 0 Å². The van der Waals surface area contributed by atoms with Crippen molar-refractivity contribution in [2.45, 2.75) is 59.0 Å². The Bertz CT molecular complexity index is 627. The van der Waals surface area contributed by atoms with Gasteiger partial charge in [0.05, 0.1) is 6.26 Å². The zero-order valence-electron chi connectivity index (χ0n) is 14.1. The van der Waals surface area contributed by atoms with Crippen LogP contribution in [-0.4, -0.2) is 16.7 Å². The van der Waals surface area contributed by atoms with Crippen LogP contribution in [0.15, 0.2) is 22.8 Å². The maximum absolute atomic E-state index is 11.9. The molecular formula is C17H24N2O3S. The topological polar surface area (TPSA) is 64.4 Å². The molecule has 2 aromatic heterocycles. The molecule has 0 aliphatic carbocycles. The van der Waals surface area contributed by atoms with Crippen LogP contribution in [0.4, 0.5) is 9.93 Å². The van der Waals surface area contributed by atoms with Crippen LogP contribution in [0.1, 0.15) is 51.8 Å². The van der Waals surface area contributed by atoms with Crippen molar-refractivity contribution in [3.63, 3.8) is 0 Å². The second-order valence-electron chi connectivity index (χ2n) is 6.35. The van der Waals surface area contributed by atoms with E-state index in [1.54, 1.807) is 6.26 Å². The summed E-state index contributed by atoms with van der Waals surface area (Å²) in [6.07, 6.45) is 5.50. The van der Waals surface area contributed by atoms with E-state index in [-0.39, 0.29) is 0 Å². The lowest BCUT2D eigenvalue weighted by Gasteiger charge is -2.18. The molecule has 2 aromatic rings. The van der Waals surface area contributed by atoms with Gasteiger partial charge in [0.25, 0.3) is 0 Å². The van der Waals surface area contributed by atoms with Crippen LogP contribution in [0.2, 0.25) is 0 Å². The van der Waals surface area contributed by atoms with Gasteiger partial charge in [-0.05, 0) is 45.7 Å². The summed E-state index contributed by atoms with van der Waals surface area (Å²) in [5, 5.41) is 3.26. The van der Waals surface area contributed by atoms with Gasteiger partial charge in [0, 0.05) is 4.88 Å². The van der Waals surface area contributed by atoms with Crippen molar-refractivity contribution >= 4 is 22.6 Å². The number of carbonyl (C=O) groups is 1. The van der Waals surface area contributed by atoms with Crippen molar-refractivity contribution < 1.29 is 13.9 Å². The molecule has 5 nitrogen and oxygen atoms in total. The summed E-state index contributed by atoms with van der Waals surface area (Å²) in [5.74, 6) is 0.727. The minimum Gasteiger partial charge on any atom is -0.463 e. The summed E-state index contributed by atoms with van der Waals surface area (Å²) in [5.41, 5.74) is 0.275. The van der Waals surface area contributed by atoms with E-state index < -0.39 is 11.7 Å². The van der Waals surface area contributed by atoms with Gasteiger partial charge in [-0.3, -0.25) is 5.32 Å². The van der Waals surface area contributed by atoms with Crippen molar-refractivity contribution in [1.82, 2.24) is 4.98 Å². The number of aryl methyl sites for hydroxylation is 1. The van der Waals surface area contributed by atoms with Crippen LogP contribution in [0.3, 0.4) is 0 Å². The Morgan fingerprint density at radius 2 is 2.17 bits per heavy atom. The van der Waals surface area contributed by atoms with Gasteiger partial charge in [-0.25, -0.2) is 9.78 Å². The van der Waals surface area contributed by atoms with Gasteiger partial charge >= 0.3 is 6.09 Å². The first-order valence-electron chi connectivity index (χ1n) is 7.92. The number of nitrogens with one attached hydrogen (secondary N) is 1. The number of amides is 1. The van der Waals surface area contributed by atoms with Crippen LogP contribution in [0.5, 0.6) is 0 Å². The molecule has 126 valence electrons. The summed E-state index contributed by atoms with van der Waals surface area (Å²) in [7, 11) is 0. The fraction of sp³-hybridized carbons (Fsp3) is 0.529. The number of aromatic nitrogens is 1. The molecule has 23 heavy (non-hydrogen) atoms. The summed E-state index contributed by atoms with van der Waals surface area (Å²) in [6, 6.07) is 3.72. The molecule has 2 rings (SSSR count). The molecule has 6 heteroatoms. The van der Waals surface area contributed by atoms with Gasteiger partial charge < -0.3 is 9.15 Å². The number of thiazole rings is 1. The number of anilines is 1. The molecule has 0 spiro atoms. The van der Waals surface area contributed by atoms with E-state index in [4.69, 9.17) is 9.15 Å². The van der Waals surface area contributed by atoms with E-state index in [1.807, 2.05) is 32.9 Å². The maximum atomic E-state index is 11.9. The fourth-order valence-electron chi connectivity index (χ4n) is 2.11. The molecule has 1 amide bonds. The van der Waals surface area contributed by atoms with E-state index in [0.29, 0.717) is 5.13 Å². The Hall–Kier alpha value is -1.82. The SMILES string of the molecule is CCCCCc1sc(NC(=O)OC(C)(C)C)nc1-c1ccco1. The molecule has 0 aliphatic rings. The van der Waals surface area contributed by atoms with Gasteiger partial charge in [0.1, 0.15) is 11.3 Å². The third-order valence-electron chi connectivity index (χ3n) is 3.07. The molecule has 1 N–H and O–H groups in total. The Balaban J connectivity index is 2.14. The summed E-state index contributed by atoms with van der Waals surface area (Å²) in [4.78, 5) is 17.5. The summed E-state index contributed by atoms with van der Waals surface area (Å²) in [6.45, 7) is 7.67. The van der Waals surface area contributed by atoms with Gasteiger partial charge in [0.15, 0.2) is 10.9 Å². The number of rotatable bonds is 6. The molecular weight excluding hydrogens is 312 g/mol. The van der Waals surface area contributed by atoms with E-state index >= 15 is 0 Å². The number of carbonyl (C=O) groups excluding carboxylic acids is 1. The molecule has 0 bridgehead atoms. The zero-order chi connectivity index (χ0) is 16.9. The first-order valence-corrected chi connectivity index (χ1v) is 8.74. The molecule has 2 heterocycles. The zero-order valence-corrected chi connectivity index (χ0v) is 15.0.